The summed E-state index contributed by atoms with van der Waals surface area (Å²) in [6.45, 7) is 0. The highest BCUT2D eigenvalue weighted by Crippen LogP contribution is 2.26. The largest absolute Gasteiger partial charge is 0.451 e. The molecule has 1 N–H and O–H groups in total. The van der Waals surface area contributed by atoms with Crippen molar-refractivity contribution in [3.63, 3.8) is 0 Å². The van der Waals surface area contributed by atoms with E-state index in [0.29, 0.717) is 16.3 Å². The van der Waals surface area contributed by atoms with Gasteiger partial charge in [0.25, 0.3) is 5.91 Å². The normalized spacial score (nSPS) is 10.8. The summed E-state index contributed by atoms with van der Waals surface area (Å²) in [6.07, 6.45) is 0. The topological polar surface area (TPSA) is 42.2 Å². The molecule has 1 heterocycles. The maximum atomic E-state index is 13.0. The van der Waals surface area contributed by atoms with E-state index in [1.807, 2.05) is 0 Å². The minimum atomic E-state index is -0.476. The van der Waals surface area contributed by atoms with E-state index in [4.69, 9.17) is 27.6 Å². The Hall–Kier alpha value is -2.04. The first-order valence-electron chi connectivity index (χ1n) is 5.98. The zero-order valence-corrected chi connectivity index (χ0v) is 12.0. The number of hydrogen-bond acceptors (Lipinski definition) is 2. The van der Waals surface area contributed by atoms with E-state index in [9.17, 15) is 9.18 Å². The van der Waals surface area contributed by atoms with Crippen molar-refractivity contribution in [1.82, 2.24) is 0 Å². The van der Waals surface area contributed by atoms with Gasteiger partial charge >= 0.3 is 0 Å². The van der Waals surface area contributed by atoms with Crippen molar-refractivity contribution in [3.05, 3.63) is 64.1 Å². The summed E-state index contributed by atoms with van der Waals surface area (Å²) in [5.74, 6) is -0.833. The third-order valence-electron chi connectivity index (χ3n) is 2.88. The van der Waals surface area contributed by atoms with Gasteiger partial charge in [-0.25, -0.2) is 4.39 Å². The smallest absolute Gasteiger partial charge is 0.291 e. The molecule has 1 amide bonds. The maximum absolute atomic E-state index is 13.0. The molecule has 0 radical (unpaired) electrons. The summed E-state index contributed by atoms with van der Waals surface area (Å²) in [5, 5.41) is 3.95. The zero-order chi connectivity index (χ0) is 15.0. The second kappa shape index (κ2) is 5.39. The van der Waals surface area contributed by atoms with Crippen molar-refractivity contribution < 1.29 is 13.6 Å². The monoisotopic (exact) mass is 323 g/mol. The van der Waals surface area contributed by atoms with Crippen LogP contribution in [-0.4, -0.2) is 5.91 Å². The van der Waals surface area contributed by atoms with Crippen LogP contribution in [-0.2, 0) is 0 Å². The molecule has 0 saturated heterocycles. The van der Waals surface area contributed by atoms with Crippen LogP contribution in [0.4, 0.5) is 10.1 Å². The van der Waals surface area contributed by atoms with Crippen molar-refractivity contribution in [2.45, 2.75) is 0 Å². The lowest BCUT2D eigenvalue weighted by Crippen LogP contribution is -2.11. The zero-order valence-electron chi connectivity index (χ0n) is 10.5. The molecule has 106 valence electrons. The summed E-state index contributed by atoms with van der Waals surface area (Å²) in [6, 6.07) is 10.3. The average molecular weight is 324 g/mol. The lowest BCUT2D eigenvalue weighted by atomic mass is 10.2. The van der Waals surface area contributed by atoms with Crippen LogP contribution in [0.2, 0.25) is 10.0 Å². The van der Waals surface area contributed by atoms with Gasteiger partial charge in [0, 0.05) is 10.4 Å². The molecule has 0 bridgehead atoms. The number of benzene rings is 2. The second-order valence-electron chi connectivity index (χ2n) is 4.37. The fourth-order valence-electron chi connectivity index (χ4n) is 1.90. The number of carbonyl (C=O) groups excluding carboxylic acids is 1. The Morgan fingerprint density at radius 2 is 1.90 bits per heavy atom. The van der Waals surface area contributed by atoms with Crippen molar-refractivity contribution >= 4 is 45.8 Å². The van der Waals surface area contributed by atoms with Gasteiger partial charge in [-0.2, -0.15) is 0 Å². The molecule has 0 atom stereocenters. The Balaban J connectivity index is 1.89. The molecule has 6 heteroatoms. The molecule has 3 nitrogen and oxygen atoms in total. The fraction of sp³-hybridized carbons (Fsp3) is 0. The molecule has 0 fully saturated rings. The van der Waals surface area contributed by atoms with Gasteiger partial charge in [0.1, 0.15) is 11.4 Å². The lowest BCUT2D eigenvalue weighted by Gasteiger charge is -2.05. The second-order valence-corrected chi connectivity index (χ2v) is 5.21. The van der Waals surface area contributed by atoms with Gasteiger partial charge in [-0.1, -0.05) is 23.2 Å². The summed E-state index contributed by atoms with van der Waals surface area (Å²) in [5.41, 5.74) is 0.858. The van der Waals surface area contributed by atoms with Gasteiger partial charge in [-0.15, -0.1) is 0 Å². The van der Waals surface area contributed by atoms with E-state index in [-0.39, 0.29) is 10.8 Å². The maximum Gasteiger partial charge on any atom is 0.291 e. The molecule has 21 heavy (non-hydrogen) atoms. The Morgan fingerprint density at radius 1 is 1.10 bits per heavy atom. The van der Waals surface area contributed by atoms with Crippen LogP contribution in [0.3, 0.4) is 0 Å². The van der Waals surface area contributed by atoms with Gasteiger partial charge < -0.3 is 9.73 Å². The quantitative estimate of drug-likeness (QED) is 0.710. The number of hydrogen-bond donors (Lipinski definition) is 1. The van der Waals surface area contributed by atoms with Crippen molar-refractivity contribution in [3.8, 4) is 0 Å². The number of amides is 1. The molecule has 0 aliphatic heterocycles. The average Bonchev–Trinajstić information content (AvgIpc) is 2.85. The standard InChI is InChI=1S/C15H8Cl2FNO2/c16-9-1-4-13-8(5-9)6-14(21-13)15(20)19-12-3-2-10(18)7-11(12)17/h1-7H,(H,19,20). The lowest BCUT2D eigenvalue weighted by molar-refractivity contribution is 0.0998. The van der Waals surface area contributed by atoms with Crippen LogP contribution < -0.4 is 5.32 Å². The van der Waals surface area contributed by atoms with E-state index in [1.54, 1.807) is 24.3 Å². The first-order valence-corrected chi connectivity index (χ1v) is 6.74. The molecular weight excluding hydrogens is 316 g/mol. The summed E-state index contributed by atoms with van der Waals surface area (Å²) in [7, 11) is 0. The third kappa shape index (κ3) is 2.86. The molecular formula is C15H8Cl2FNO2. The van der Waals surface area contributed by atoms with Crippen LogP contribution in [0.1, 0.15) is 10.6 Å². The van der Waals surface area contributed by atoms with Crippen LogP contribution in [0.15, 0.2) is 46.9 Å². The molecule has 0 aliphatic carbocycles. The van der Waals surface area contributed by atoms with Gasteiger partial charge in [0.15, 0.2) is 5.76 Å². The molecule has 0 saturated carbocycles. The Kier molecular flexibility index (Phi) is 3.57. The van der Waals surface area contributed by atoms with E-state index < -0.39 is 11.7 Å². The summed E-state index contributed by atoms with van der Waals surface area (Å²) in [4.78, 5) is 12.1. The first-order chi connectivity index (χ1) is 10.0. The predicted octanol–water partition coefficient (Wildman–Crippen LogP) is 5.13. The van der Waals surface area contributed by atoms with Gasteiger partial charge in [-0.05, 0) is 42.5 Å². The Bertz CT molecular complexity index is 845. The van der Waals surface area contributed by atoms with Crippen LogP contribution >= 0.6 is 23.2 Å². The van der Waals surface area contributed by atoms with Crippen molar-refractivity contribution in [1.29, 1.82) is 0 Å². The summed E-state index contributed by atoms with van der Waals surface area (Å²) >= 11 is 11.7. The fourth-order valence-corrected chi connectivity index (χ4v) is 2.30. The summed E-state index contributed by atoms with van der Waals surface area (Å²) < 4.78 is 18.4. The Labute approximate surface area is 129 Å². The van der Waals surface area contributed by atoms with E-state index in [1.165, 1.54) is 12.1 Å². The van der Waals surface area contributed by atoms with Gasteiger partial charge in [0.05, 0.1) is 10.7 Å². The van der Waals surface area contributed by atoms with Crippen LogP contribution in [0.25, 0.3) is 11.0 Å². The van der Waals surface area contributed by atoms with Gasteiger partial charge in [-0.3, -0.25) is 4.79 Å². The number of carbonyl (C=O) groups is 1. The molecule has 1 aromatic heterocycles. The third-order valence-corrected chi connectivity index (χ3v) is 3.43. The number of halogens is 3. The molecule has 3 rings (SSSR count). The van der Waals surface area contributed by atoms with Crippen molar-refractivity contribution in [2.75, 3.05) is 5.32 Å². The van der Waals surface area contributed by atoms with Gasteiger partial charge in [0.2, 0.25) is 0 Å². The molecule has 0 unspecified atom stereocenters. The minimum Gasteiger partial charge on any atom is -0.451 e. The molecule has 0 aliphatic rings. The van der Waals surface area contributed by atoms with Crippen LogP contribution in [0.5, 0.6) is 0 Å². The molecule has 3 aromatic rings. The minimum absolute atomic E-state index is 0.113. The molecule has 0 spiro atoms. The van der Waals surface area contributed by atoms with Crippen molar-refractivity contribution in [2.24, 2.45) is 0 Å². The Morgan fingerprint density at radius 3 is 2.67 bits per heavy atom. The highest BCUT2D eigenvalue weighted by atomic mass is 35.5. The first kappa shape index (κ1) is 13.9. The number of fused-ring (bicyclic) bond motifs is 1. The van der Waals surface area contributed by atoms with E-state index in [2.05, 4.69) is 5.32 Å². The number of rotatable bonds is 2. The van der Waals surface area contributed by atoms with E-state index >= 15 is 0 Å². The van der Waals surface area contributed by atoms with E-state index in [0.717, 1.165) is 11.5 Å². The van der Waals surface area contributed by atoms with Crippen LogP contribution in [0, 0.1) is 5.82 Å². The predicted molar refractivity (Wildman–Crippen MR) is 80.6 cm³/mol. The number of anilines is 1. The number of furan rings is 1. The molecule has 2 aromatic carbocycles. The SMILES string of the molecule is O=C(Nc1ccc(F)cc1Cl)c1cc2cc(Cl)ccc2o1. The highest BCUT2D eigenvalue weighted by Gasteiger charge is 2.14. The number of nitrogens with one attached hydrogen (secondary N) is 1. The highest BCUT2D eigenvalue weighted by molar-refractivity contribution is 6.34.